The Bertz CT molecular complexity index is 2140. The molecule has 0 spiro atoms. The largest absolute Gasteiger partial charge is 0.500 e. The molecule has 0 aliphatic heterocycles. The summed E-state index contributed by atoms with van der Waals surface area (Å²) in [4.78, 5) is 139. The molecule has 0 aromatic heterocycles. The number of urea groups is 3. The van der Waals surface area contributed by atoms with Gasteiger partial charge in [0.1, 0.15) is 24.7 Å². The van der Waals surface area contributed by atoms with Crippen LogP contribution in [0.25, 0.3) is 0 Å². The third-order valence-electron chi connectivity index (χ3n) is 14.4. The molecule has 0 heterocycles. The Morgan fingerprint density at radius 1 is 0.430 bits per heavy atom. The topological polar surface area (TPSA) is 364 Å². The summed E-state index contributed by atoms with van der Waals surface area (Å²) in [5.74, 6) is -5.83. The van der Waals surface area contributed by atoms with Gasteiger partial charge in [-0.1, -0.05) is 13.5 Å². The van der Waals surface area contributed by atoms with Crippen molar-refractivity contribution in [2.45, 2.75) is 156 Å². The van der Waals surface area contributed by atoms with Crippen LogP contribution in [0.1, 0.15) is 108 Å². The first-order valence-corrected chi connectivity index (χ1v) is 35.2. The first kappa shape index (κ1) is 86.9. The van der Waals surface area contributed by atoms with Crippen molar-refractivity contribution in [3.63, 3.8) is 0 Å². The minimum atomic E-state index is -3.06. The SMILES string of the molecule is C=CC(=O)OCCNC(=O)N(C(C)COCC(CC)(COCC(C)N(C(=O)NCCC[Si](OC)(OC)OC)C(CC(=O)OCC)C(=O)OCC)COCC(C)N(C(=O)NCCC[Si](OC)(OC)OC)C(CC(=O)OCC)C(=O)OCC)C(CC(=O)OCC)C(=O)OCC. The maximum absolute atomic E-state index is 14.4. The van der Waals surface area contributed by atoms with E-state index in [9.17, 15) is 47.9 Å². The highest BCUT2D eigenvalue weighted by Gasteiger charge is 2.43. The van der Waals surface area contributed by atoms with Crippen molar-refractivity contribution in [2.24, 2.45) is 5.41 Å². The average Bonchev–Trinajstić information content (AvgIpc) is 0.989. The van der Waals surface area contributed by atoms with Gasteiger partial charge in [-0.25, -0.2) is 33.6 Å². The lowest BCUT2D eigenvalue weighted by molar-refractivity contribution is -0.157. The fraction of sp³-hybridized carbons (Fsp3) is 0.797. The van der Waals surface area contributed by atoms with Crippen LogP contribution in [0, 0.1) is 5.41 Å². The molecule has 538 valence electrons. The van der Waals surface area contributed by atoms with Crippen molar-refractivity contribution < 1.29 is 122 Å². The van der Waals surface area contributed by atoms with Gasteiger partial charge in [0, 0.05) is 79.3 Å². The number of ether oxygens (including phenoxy) is 10. The van der Waals surface area contributed by atoms with Crippen LogP contribution < -0.4 is 16.0 Å². The zero-order valence-electron chi connectivity index (χ0n) is 57.7. The summed E-state index contributed by atoms with van der Waals surface area (Å²) >= 11 is 0. The lowest BCUT2D eigenvalue weighted by Crippen LogP contribution is -2.57. The van der Waals surface area contributed by atoms with Crippen LogP contribution >= 0.6 is 0 Å². The maximum Gasteiger partial charge on any atom is 0.500 e. The molecule has 0 aromatic rings. The van der Waals surface area contributed by atoms with Gasteiger partial charge < -0.3 is 105 Å². The number of nitrogens with zero attached hydrogens (tertiary/aromatic N) is 3. The molecule has 6 atom stereocenters. The summed E-state index contributed by atoms with van der Waals surface area (Å²) in [6, 6.07) is -9.27. The molecule has 0 aromatic carbocycles. The summed E-state index contributed by atoms with van der Waals surface area (Å²) in [5.41, 5.74) is -1.19. The molecule has 0 fully saturated rings. The van der Waals surface area contributed by atoms with Crippen molar-refractivity contribution in [1.82, 2.24) is 30.7 Å². The molecule has 0 aliphatic carbocycles. The molecular weight excluding hydrogens is 1260 g/mol. The van der Waals surface area contributed by atoms with E-state index in [0.717, 1.165) is 20.8 Å². The van der Waals surface area contributed by atoms with E-state index in [1.807, 2.05) is 0 Å². The molecule has 3 N–H and O–H groups in total. The Hall–Kier alpha value is -6.09. The third kappa shape index (κ3) is 31.4. The van der Waals surface area contributed by atoms with Gasteiger partial charge in [-0.05, 0) is 81.6 Å². The highest BCUT2D eigenvalue weighted by Crippen LogP contribution is 2.27. The molecule has 0 saturated carbocycles. The monoisotopic (exact) mass is 1370 g/mol. The Kier molecular flexibility index (Phi) is 45.4. The second-order valence-electron chi connectivity index (χ2n) is 20.9. The summed E-state index contributed by atoms with van der Waals surface area (Å²) in [6.45, 7) is 17.1. The van der Waals surface area contributed by atoms with Gasteiger partial charge in [0.25, 0.3) is 0 Å². The van der Waals surface area contributed by atoms with Crippen LogP contribution in [0.15, 0.2) is 12.7 Å². The van der Waals surface area contributed by atoms with Crippen LogP contribution in [0.4, 0.5) is 14.4 Å². The molecule has 0 rings (SSSR count). The number of amides is 6. The average molecular weight is 1370 g/mol. The number of carbonyl (C=O) groups is 10. The number of esters is 7. The van der Waals surface area contributed by atoms with E-state index < -0.39 is 138 Å². The van der Waals surface area contributed by atoms with Crippen LogP contribution in [0.5, 0.6) is 0 Å². The Labute approximate surface area is 550 Å². The minimum absolute atomic E-state index is 0.0174. The fourth-order valence-corrected chi connectivity index (χ4v) is 12.9. The predicted octanol–water partition coefficient (Wildman–Crippen LogP) is 3.55. The van der Waals surface area contributed by atoms with Gasteiger partial charge in [0.05, 0.1) is 123 Å². The Morgan fingerprint density at radius 2 is 0.710 bits per heavy atom. The van der Waals surface area contributed by atoms with E-state index in [-0.39, 0.29) is 112 Å². The van der Waals surface area contributed by atoms with Gasteiger partial charge in [0.15, 0.2) is 0 Å². The molecule has 0 saturated heterocycles. The quantitative estimate of drug-likeness (QED) is 0.0258. The molecule has 0 radical (unpaired) electrons. The third-order valence-corrected chi connectivity index (χ3v) is 20.1. The number of carbonyl (C=O) groups excluding carboxylic acids is 10. The number of nitrogens with one attached hydrogen (secondary N) is 3. The molecule has 34 heteroatoms. The Morgan fingerprint density at radius 3 is 0.957 bits per heavy atom. The van der Waals surface area contributed by atoms with E-state index in [2.05, 4.69) is 22.5 Å². The van der Waals surface area contributed by atoms with E-state index >= 15 is 0 Å². The predicted molar refractivity (Wildman–Crippen MR) is 338 cm³/mol. The first-order valence-electron chi connectivity index (χ1n) is 31.3. The van der Waals surface area contributed by atoms with Crippen LogP contribution in [0.2, 0.25) is 12.1 Å². The summed E-state index contributed by atoms with van der Waals surface area (Å²) in [5, 5.41) is 8.25. The summed E-state index contributed by atoms with van der Waals surface area (Å²) < 4.78 is 89.5. The Balaban J connectivity index is 7.87. The second kappa shape index (κ2) is 48.6. The maximum atomic E-state index is 14.4. The lowest BCUT2D eigenvalue weighted by Gasteiger charge is -2.38. The highest BCUT2D eigenvalue weighted by molar-refractivity contribution is 6.60. The molecule has 93 heavy (non-hydrogen) atoms. The zero-order valence-corrected chi connectivity index (χ0v) is 59.7. The zero-order chi connectivity index (χ0) is 70.6. The number of hydrogen-bond acceptors (Lipinski definition) is 26. The molecular formula is C59H108N6O26Si2. The van der Waals surface area contributed by atoms with Gasteiger partial charge in [0.2, 0.25) is 0 Å². The highest BCUT2D eigenvalue weighted by atomic mass is 28.4. The second-order valence-corrected chi connectivity index (χ2v) is 27.0. The van der Waals surface area contributed by atoms with Gasteiger partial charge in [-0.2, -0.15) is 0 Å². The van der Waals surface area contributed by atoms with Crippen LogP contribution in [-0.2, 0) is 107 Å². The standard InChI is InChI=1S/C59H108N6O26Si2/c1-18-49(66)91-31-30-62-58(75)65(48(55(72)90-25-8)36-52(69)87-22-5)45(11)39-84-42-59(19-2,40-82-37-43(9)63(46(53(70)88-23-6)34-50(67)85-20-3)56(73)60-28-26-32-92(76-12,77-13)78-14)41-83-38-44(10)64(47(54(71)89-24-7)35-51(68)86-21-4)57(74)61-29-27-33-93(79-15,80-16)81-17/h18,43-48H,1,19-42H2,2-17H3,(H,60,73)(H,61,74)(H,62,75). The van der Waals surface area contributed by atoms with Crippen molar-refractivity contribution in [2.75, 3.05) is 148 Å². The van der Waals surface area contributed by atoms with Crippen molar-refractivity contribution in [3.8, 4) is 0 Å². The molecule has 32 nitrogen and oxygen atoms in total. The molecule has 6 unspecified atom stereocenters. The first-order chi connectivity index (χ1) is 44.3. The molecule has 6 amide bonds. The number of hydrogen-bond donors (Lipinski definition) is 3. The summed E-state index contributed by atoms with van der Waals surface area (Å²) in [6.07, 6.45) is 0.0467. The minimum Gasteiger partial charge on any atom is -0.466 e. The van der Waals surface area contributed by atoms with E-state index in [1.165, 1.54) is 42.7 Å². The molecule has 0 bridgehead atoms. The fourth-order valence-electron chi connectivity index (χ4n) is 9.45. The van der Waals surface area contributed by atoms with E-state index in [1.54, 1.807) is 69.2 Å². The van der Waals surface area contributed by atoms with Crippen LogP contribution in [-0.4, -0.2) is 277 Å². The van der Waals surface area contributed by atoms with E-state index in [4.69, 9.17) is 73.9 Å². The lowest BCUT2D eigenvalue weighted by atomic mass is 9.88. The number of rotatable bonds is 52. The van der Waals surface area contributed by atoms with Gasteiger partial charge in [-0.3, -0.25) is 14.4 Å². The normalized spacial score (nSPS) is 14.0. The van der Waals surface area contributed by atoms with Crippen molar-refractivity contribution >= 4 is 77.5 Å². The smallest absolute Gasteiger partial charge is 0.466 e. The van der Waals surface area contributed by atoms with Gasteiger partial charge in [-0.15, -0.1) is 0 Å². The summed E-state index contributed by atoms with van der Waals surface area (Å²) in [7, 11) is 2.61. The van der Waals surface area contributed by atoms with Crippen LogP contribution in [0.3, 0.4) is 0 Å². The van der Waals surface area contributed by atoms with Crippen molar-refractivity contribution in [1.29, 1.82) is 0 Å². The van der Waals surface area contributed by atoms with E-state index in [0.29, 0.717) is 24.9 Å². The van der Waals surface area contributed by atoms with Crippen molar-refractivity contribution in [3.05, 3.63) is 12.7 Å². The molecule has 0 aliphatic rings. The van der Waals surface area contributed by atoms with Gasteiger partial charge >= 0.3 is 77.5 Å².